The van der Waals surface area contributed by atoms with Gasteiger partial charge in [-0.1, -0.05) is 30.3 Å². The Hall–Kier alpha value is -4.07. The molecule has 1 amide bonds. The van der Waals surface area contributed by atoms with Gasteiger partial charge in [0.1, 0.15) is 13.2 Å². The van der Waals surface area contributed by atoms with E-state index in [2.05, 4.69) is 32.7 Å². The fourth-order valence-corrected chi connectivity index (χ4v) is 4.04. The number of rotatable bonds is 6. The van der Waals surface area contributed by atoms with Crippen LogP contribution in [-0.4, -0.2) is 39.1 Å². The van der Waals surface area contributed by atoms with Crippen molar-refractivity contribution in [3.05, 3.63) is 82.8 Å². The zero-order valence-corrected chi connectivity index (χ0v) is 18.6. The maximum atomic E-state index is 13.0. The second-order valence-corrected chi connectivity index (χ2v) is 7.99. The van der Waals surface area contributed by atoms with Gasteiger partial charge in [0.25, 0.3) is 5.91 Å². The number of carbonyl (C=O) groups is 1. The van der Waals surface area contributed by atoms with Gasteiger partial charge in [0, 0.05) is 23.4 Å². The van der Waals surface area contributed by atoms with Crippen molar-refractivity contribution in [1.29, 1.82) is 0 Å². The van der Waals surface area contributed by atoms with E-state index in [4.69, 9.17) is 9.47 Å². The summed E-state index contributed by atoms with van der Waals surface area (Å²) < 4.78 is 13.2. The summed E-state index contributed by atoms with van der Waals surface area (Å²) in [5.41, 5.74) is 6.06. The van der Waals surface area contributed by atoms with Crippen LogP contribution in [0.4, 0.5) is 0 Å². The molecular weight excluding hydrogens is 418 g/mol. The van der Waals surface area contributed by atoms with Crippen molar-refractivity contribution in [3.8, 4) is 22.8 Å². The highest BCUT2D eigenvalue weighted by molar-refractivity contribution is 5.99. The van der Waals surface area contributed by atoms with Crippen LogP contribution >= 0.6 is 0 Å². The van der Waals surface area contributed by atoms with Crippen molar-refractivity contribution >= 4 is 5.91 Å². The van der Waals surface area contributed by atoms with Gasteiger partial charge in [-0.3, -0.25) is 14.6 Å². The van der Waals surface area contributed by atoms with Crippen molar-refractivity contribution in [3.63, 3.8) is 0 Å². The van der Waals surface area contributed by atoms with E-state index >= 15 is 0 Å². The molecule has 1 aliphatic heterocycles. The van der Waals surface area contributed by atoms with Gasteiger partial charge in [0.05, 0.1) is 29.7 Å². The summed E-state index contributed by atoms with van der Waals surface area (Å²) in [7, 11) is 0. The van der Waals surface area contributed by atoms with E-state index in [-0.39, 0.29) is 5.91 Å². The Morgan fingerprint density at radius 2 is 1.88 bits per heavy atom. The van der Waals surface area contributed by atoms with Gasteiger partial charge in [-0.25, -0.2) is 0 Å². The molecule has 0 radical (unpaired) electrons. The first-order chi connectivity index (χ1) is 16.1. The van der Waals surface area contributed by atoms with Gasteiger partial charge >= 0.3 is 0 Å². The number of benzene rings is 2. The smallest absolute Gasteiger partial charge is 0.255 e. The third-order valence-corrected chi connectivity index (χ3v) is 5.85. The minimum Gasteiger partial charge on any atom is -0.486 e. The monoisotopic (exact) mass is 443 g/mol. The fourth-order valence-electron chi connectivity index (χ4n) is 4.04. The van der Waals surface area contributed by atoms with Crippen molar-refractivity contribution in [2.24, 2.45) is 0 Å². The fraction of sp³-hybridized carbons (Fsp3) is 0.240. The Bertz CT molecular complexity index is 1290. The standard InChI is InChI=1S/C25H25N5O3/c1-16-20(17(2)30(29-16)15-18-6-4-3-5-7-18)13-26-25(31)21-14-27-28-24(21)19-8-9-22-23(12-19)33-11-10-32-22/h3-9,12,14H,10-11,13,15H2,1-2H3,(H,26,31)(H,27,28). The number of nitrogens with one attached hydrogen (secondary N) is 2. The molecule has 8 nitrogen and oxygen atoms in total. The average Bonchev–Trinajstić information content (AvgIpc) is 3.43. The second-order valence-electron chi connectivity index (χ2n) is 7.99. The minimum absolute atomic E-state index is 0.205. The Labute approximate surface area is 191 Å². The highest BCUT2D eigenvalue weighted by Crippen LogP contribution is 2.34. The molecule has 0 saturated heterocycles. The van der Waals surface area contributed by atoms with Crippen LogP contribution in [0.5, 0.6) is 11.5 Å². The number of aryl methyl sites for hydroxylation is 1. The van der Waals surface area contributed by atoms with Crippen LogP contribution in [0.3, 0.4) is 0 Å². The number of amides is 1. The van der Waals surface area contributed by atoms with Crippen LogP contribution in [0.1, 0.15) is 32.9 Å². The molecule has 4 aromatic rings. The summed E-state index contributed by atoms with van der Waals surface area (Å²) in [5, 5.41) is 14.7. The highest BCUT2D eigenvalue weighted by atomic mass is 16.6. The Kier molecular flexibility index (Phi) is 5.56. The zero-order chi connectivity index (χ0) is 22.8. The number of nitrogens with zero attached hydrogens (tertiary/aromatic N) is 3. The molecule has 0 spiro atoms. The number of aromatic nitrogens is 4. The van der Waals surface area contributed by atoms with Gasteiger partial charge < -0.3 is 14.8 Å². The summed E-state index contributed by atoms with van der Waals surface area (Å²) in [6.07, 6.45) is 1.54. The van der Waals surface area contributed by atoms with E-state index in [1.54, 1.807) is 6.20 Å². The number of aromatic amines is 1. The predicted octanol–water partition coefficient (Wildman–Crippen LogP) is 3.64. The Balaban J connectivity index is 1.31. The van der Waals surface area contributed by atoms with Gasteiger partial charge in [-0.15, -0.1) is 0 Å². The molecule has 0 fully saturated rings. The number of carbonyl (C=O) groups excluding carboxylic acids is 1. The molecule has 3 heterocycles. The van der Waals surface area contributed by atoms with Gasteiger partial charge in [-0.05, 0) is 37.6 Å². The normalized spacial score (nSPS) is 12.5. The maximum Gasteiger partial charge on any atom is 0.255 e. The summed E-state index contributed by atoms with van der Waals surface area (Å²) in [6.45, 7) is 6.11. The van der Waals surface area contributed by atoms with Crippen LogP contribution in [0.15, 0.2) is 54.7 Å². The number of hydrogen-bond donors (Lipinski definition) is 2. The molecule has 0 aliphatic carbocycles. The molecule has 0 saturated carbocycles. The minimum atomic E-state index is -0.205. The SMILES string of the molecule is Cc1nn(Cc2ccccc2)c(C)c1CNC(=O)c1cn[nH]c1-c1ccc2c(c1)OCCO2. The van der Waals surface area contributed by atoms with E-state index in [1.165, 1.54) is 5.56 Å². The van der Waals surface area contributed by atoms with Gasteiger partial charge in [0.15, 0.2) is 11.5 Å². The topological polar surface area (TPSA) is 94.1 Å². The third kappa shape index (κ3) is 4.19. The second kappa shape index (κ2) is 8.82. The number of hydrogen-bond acceptors (Lipinski definition) is 5. The summed E-state index contributed by atoms with van der Waals surface area (Å²) in [6, 6.07) is 15.8. The average molecular weight is 444 g/mol. The van der Waals surface area contributed by atoms with E-state index in [9.17, 15) is 4.79 Å². The zero-order valence-electron chi connectivity index (χ0n) is 18.6. The number of ether oxygens (including phenoxy) is 2. The number of fused-ring (bicyclic) bond motifs is 1. The highest BCUT2D eigenvalue weighted by Gasteiger charge is 2.20. The molecule has 0 atom stereocenters. The molecule has 168 valence electrons. The maximum absolute atomic E-state index is 13.0. The Morgan fingerprint density at radius 3 is 2.70 bits per heavy atom. The first-order valence-electron chi connectivity index (χ1n) is 10.9. The molecule has 8 heteroatoms. The van der Waals surface area contributed by atoms with E-state index in [1.807, 2.05) is 54.9 Å². The lowest BCUT2D eigenvalue weighted by molar-refractivity contribution is 0.0951. The molecule has 0 unspecified atom stereocenters. The molecule has 33 heavy (non-hydrogen) atoms. The van der Waals surface area contributed by atoms with Crippen LogP contribution in [0, 0.1) is 13.8 Å². The van der Waals surface area contributed by atoms with E-state index in [0.29, 0.717) is 49.1 Å². The molecule has 2 aromatic heterocycles. The summed E-state index contributed by atoms with van der Waals surface area (Å²) >= 11 is 0. The van der Waals surface area contributed by atoms with Crippen LogP contribution < -0.4 is 14.8 Å². The summed E-state index contributed by atoms with van der Waals surface area (Å²) in [4.78, 5) is 13.0. The van der Waals surface area contributed by atoms with Crippen molar-refractivity contribution < 1.29 is 14.3 Å². The van der Waals surface area contributed by atoms with Gasteiger partial charge in [0.2, 0.25) is 0 Å². The lowest BCUT2D eigenvalue weighted by atomic mass is 10.1. The van der Waals surface area contributed by atoms with Gasteiger partial charge in [-0.2, -0.15) is 10.2 Å². The molecule has 5 rings (SSSR count). The third-order valence-electron chi connectivity index (χ3n) is 5.85. The van der Waals surface area contributed by atoms with Crippen molar-refractivity contribution in [1.82, 2.24) is 25.3 Å². The quantitative estimate of drug-likeness (QED) is 0.475. The number of H-pyrrole nitrogens is 1. The lowest BCUT2D eigenvalue weighted by Gasteiger charge is -2.18. The van der Waals surface area contributed by atoms with Crippen LogP contribution in [0.25, 0.3) is 11.3 Å². The van der Waals surface area contributed by atoms with Crippen molar-refractivity contribution in [2.75, 3.05) is 13.2 Å². The van der Waals surface area contributed by atoms with E-state index < -0.39 is 0 Å². The predicted molar refractivity (Wildman–Crippen MR) is 123 cm³/mol. The van der Waals surface area contributed by atoms with Crippen molar-refractivity contribution in [2.45, 2.75) is 26.9 Å². The largest absolute Gasteiger partial charge is 0.486 e. The van der Waals surface area contributed by atoms with E-state index in [0.717, 1.165) is 22.5 Å². The molecule has 0 bridgehead atoms. The molecular formula is C25H25N5O3. The summed E-state index contributed by atoms with van der Waals surface area (Å²) in [5.74, 6) is 1.16. The molecule has 2 aromatic carbocycles. The molecule has 2 N–H and O–H groups in total. The molecule has 1 aliphatic rings. The first kappa shape index (κ1) is 20.8. The first-order valence-corrected chi connectivity index (χ1v) is 10.9. The lowest BCUT2D eigenvalue weighted by Crippen LogP contribution is -2.23. The van der Waals surface area contributed by atoms with Crippen LogP contribution in [0.2, 0.25) is 0 Å². The Morgan fingerprint density at radius 1 is 1.09 bits per heavy atom. The van der Waals surface area contributed by atoms with Crippen LogP contribution in [-0.2, 0) is 13.1 Å².